The van der Waals surface area contributed by atoms with Crippen molar-refractivity contribution in [2.45, 2.75) is 19.8 Å². The molecule has 0 saturated carbocycles. The molecule has 0 aliphatic carbocycles. The first kappa shape index (κ1) is 19.6. The molecule has 2 fully saturated rings. The van der Waals surface area contributed by atoms with Crippen LogP contribution in [0.15, 0.2) is 30.6 Å². The van der Waals surface area contributed by atoms with Crippen LogP contribution >= 0.6 is 0 Å². The fourth-order valence-electron chi connectivity index (χ4n) is 3.81. The van der Waals surface area contributed by atoms with Crippen LogP contribution in [0.25, 0.3) is 0 Å². The Balaban J connectivity index is 1.31. The van der Waals surface area contributed by atoms with Gasteiger partial charge in [0.2, 0.25) is 11.9 Å². The van der Waals surface area contributed by atoms with Gasteiger partial charge in [-0.15, -0.1) is 0 Å². The van der Waals surface area contributed by atoms with Gasteiger partial charge >= 0.3 is 0 Å². The third-order valence-corrected chi connectivity index (χ3v) is 5.60. The van der Waals surface area contributed by atoms with Crippen LogP contribution in [0.2, 0.25) is 0 Å². The summed E-state index contributed by atoms with van der Waals surface area (Å²) < 4.78 is 18.6. The lowest BCUT2D eigenvalue weighted by Gasteiger charge is -2.33. The smallest absolute Gasteiger partial charge is 0.227 e. The van der Waals surface area contributed by atoms with E-state index in [0.29, 0.717) is 18.9 Å². The van der Waals surface area contributed by atoms with E-state index in [2.05, 4.69) is 25.1 Å². The summed E-state index contributed by atoms with van der Waals surface area (Å²) in [7, 11) is 0. The van der Waals surface area contributed by atoms with Crippen LogP contribution in [0, 0.1) is 18.7 Å². The van der Waals surface area contributed by atoms with Crippen LogP contribution in [-0.2, 0) is 9.53 Å². The lowest BCUT2D eigenvalue weighted by Crippen LogP contribution is -2.39. The molecule has 3 heterocycles. The van der Waals surface area contributed by atoms with Gasteiger partial charge in [0.1, 0.15) is 5.82 Å². The fraction of sp³-hybridized carbons (Fsp3) is 0.476. The predicted octanol–water partition coefficient (Wildman–Crippen LogP) is 2.62. The number of carbonyl (C=O) groups is 1. The molecule has 2 saturated heterocycles. The van der Waals surface area contributed by atoms with Gasteiger partial charge in [-0.1, -0.05) is 0 Å². The number of hydrogen-bond donors (Lipinski definition) is 1. The third kappa shape index (κ3) is 4.64. The molecule has 8 heteroatoms. The Hall–Kier alpha value is -2.74. The standard InChI is InChI=1S/C21H26FN5O2/c1-15-12-17(22)2-3-19(15)25-20(28)16-4-6-26(7-5-16)18-13-23-21(24-14-18)27-8-10-29-11-9-27/h2-3,12-14,16H,4-11H2,1H3,(H,25,28). The summed E-state index contributed by atoms with van der Waals surface area (Å²) in [6.07, 6.45) is 5.24. The number of rotatable bonds is 4. The van der Waals surface area contributed by atoms with E-state index in [1.54, 1.807) is 13.0 Å². The zero-order valence-corrected chi connectivity index (χ0v) is 16.6. The fourth-order valence-corrected chi connectivity index (χ4v) is 3.81. The number of hydrogen-bond acceptors (Lipinski definition) is 6. The first-order valence-electron chi connectivity index (χ1n) is 10.1. The number of piperidine rings is 1. The first-order valence-corrected chi connectivity index (χ1v) is 10.1. The predicted molar refractivity (Wildman–Crippen MR) is 110 cm³/mol. The average Bonchev–Trinajstić information content (AvgIpc) is 2.76. The van der Waals surface area contributed by atoms with Crippen molar-refractivity contribution in [3.8, 4) is 0 Å². The summed E-state index contributed by atoms with van der Waals surface area (Å²) in [4.78, 5) is 26.0. The molecule has 7 nitrogen and oxygen atoms in total. The van der Waals surface area contributed by atoms with Gasteiger partial charge in [-0.25, -0.2) is 14.4 Å². The van der Waals surface area contributed by atoms with E-state index in [1.807, 2.05) is 12.4 Å². The summed E-state index contributed by atoms with van der Waals surface area (Å²) in [5.74, 6) is 0.388. The number of amides is 1. The number of carbonyl (C=O) groups excluding carboxylic acids is 1. The molecule has 1 amide bonds. The van der Waals surface area contributed by atoms with Gasteiger partial charge in [-0.2, -0.15) is 0 Å². The monoisotopic (exact) mass is 399 g/mol. The van der Waals surface area contributed by atoms with E-state index >= 15 is 0 Å². The topological polar surface area (TPSA) is 70.6 Å². The third-order valence-electron chi connectivity index (χ3n) is 5.60. The SMILES string of the molecule is Cc1cc(F)ccc1NC(=O)C1CCN(c2cnc(N3CCOCC3)nc2)CC1. The second kappa shape index (κ2) is 8.73. The zero-order chi connectivity index (χ0) is 20.2. The second-order valence-electron chi connectivity index (χ2n) is 7.55. The number of nitrogens with one attached hydrogen (secondary N) is 1. The van der Waals surface area contributed by atoms with E-state index in [1.165, 1.54) is 12.1 Å². The maximum atomic E-state index is 13.2. The molecule has 154 valence electrons. The Bertz CT molecular complexity index is 847. The van der Waals surface area contributed by atoms with Crippen LogP contribution in [0.3, 0.4) is 0 Å². The highest BCUT2D eigenvalue weighted by molar-refractivity contribution is 5.93. The van der Waals surface area contributed by atoms with Crippen molar-refractivity contribution >= 4 is 23.2 Å². The zero-order valence-electron chi connectivity index (χ0n) is 16.6. The molecule has 0 spiro atoms. The minimum absolute atomic E-state index is 0.00160. The molecular formula is C21H26FN5O2. The highest BCUT2D eigenvalue weighted by Gasteiger charge is 2.26. The Morgan fingerprint density at radius 2 is 1.79 bits per heavy atom. The molecule has 2 aliphatic heterocycles. The van der Waals surface area contributed by atoms with Crippen LogP contribution < -0.4 is 15.1 Å². The maximum Gasteiger partial charge on any atom is 0.227 e. The van der Waals surface area contributed by atoms with Gasteiger partial charge in [0.15, 0.2) is 0 Å². The lowest BCUT2D eigenvalue weighted by molar-refractivity contribution is -0.120. The number of aromatic nitrogens is 2. The molecule has 4 rings (SSSR count). The average molecular weight is 399 g/mol. The van der Waals surface area contributed by atoms with Crippen molar-refractivity contribution in [3.05, 3.63) is 42.0 Å². The summed E-state index contributed by atoms with van der Waals surface area (Å²) >= 11 is 0. The Labute approximate surface area is 169 Å². The molecule has 0 atom stereocenters. The van der Waals surface area contributed by atoms with Crippen molar-refractivity contribution in [2.75, 3.05) is 54.5 Å². The van der Waals surface area contributed by atoms with Crippen molar-refractivity contribution in [2.24, 2.45) is 5.92 Å². The highest BCUT2D eigenvalue weighted by Crippen LogP contribution is 2.25. The van der Waals surface area contributed by atoms with E-state index in [-0.39, 0.29) is 17.6 Å². The van der Waals surface area contributed by atoms with Gasteiger partial charge in [-0.05, 0) is 43.5 Å². The number of ether oxygens (including phenoxy) is 1. The van der Waals surface area contributed by atoms with E-state index in [9.17, 15) is 9.18 Å². The van der Waals surface area contributed by atoms with Gasteiger partial charge in [0.25, 0.3) is 0 Å². The minimum Gasteiger partial charge on any atom is -0.378 e. The van der Waals surface area contributed by atoms with Crippen molar-refractivity contribution in [1.29, 1.82) is 0 Å². The largest absolute Gasteiger partial charge is 0.378 e. The first-order chi connectivity index (χ1) is 14.1. The van der Waals surface area contributed by atoms with Gasteiger partial charge in [0.05, 0.1) is 31.3 Å². The number of nitrogens with zero attached hydrogens (tertiary/aromatic N) is 4. The normalized spacial score (nSPS) is 18.0. The maximum absolute atomic E-state index is 13.2. The van der Waals surface area contributed by atoms with E-state index in [4.69, 9.17) is 4.74 Å². The van der Waals surface area contributed by atoms with E-state index in [0.717, 1.165) is 56.2 Å². The van der Waals surface area contributed by atoms with Gasteiger partial charge in [-0.3, -0.25) is 4.79 Å². The van der Waals surface area contributed by atoms with Crippen LogP contribution in [0.4, 0.5) is 21.7 Å². The molecule has 2 aliphatic rings. The minimum atomic E-state index is -0.296. The Morgan fingerprint density at radius 3 is 2.45 bits per heavy atom. The molecule has 2 aromatic rings. The van der Waals surface area contributed by atoms with Crippen molar-refractivity contribution in [3.63, 3.8) is 0 Å². The number of halogens is 1. The molecule has 1 aromatic carbocycles. The van der Waals surface area contributed by atoms with Gasteiger partial charge < -0.3 is 19.9 Å². The molecule has 1 N–H and O–H groups in total. The Kier molecular flexibility index (Phi) is 5.89. The Morgan fingerprint density at radius 1 is 1.10 bits per heavy atom. The summed E-state index contributed by atoms with van der Waals surface area (Å²) in [6, 6.07) is 4.41. The molecule has 0 radical (unpaired) electrons. The number of anilines is 3. The number of morpholine rings is 1. The highest BCUT2D eigenvalue weighted by atomic mass is 19.1. The van der Waals surface area contributed by atoms with Crippen LogP contribution in [0.5, 0.6) is 0 Å². The van der Waals surface area contributed by atoms with Crippen LogP contribution in [0.1, 0.15) is 18.4 Å². The lowest BCUT2D eigenvalue weighted by atomic mass is 9.95. The molecular weight excluding hydrogens is 373 g/mol. The summed E-state index contributed by atoms with van der Waals surface area (Å²) in [5.41, 5.74) is 2.38. The van der Waals surface area contributed by atoms with Crippen molar-refractivity contribution < 1.29 is 13.9 Å². The summed E-state index contributed by atoms with van der Waals surface area (Å²) in [6.45, 7) is 6.39. The van der Waals surface area contributed by atoms with Crippen LogP contribution in [-0.4, -0.2) is 55.3 Å². The second-order valence-corrected chi connectivity index (χ2v) is 7.55. The van der Waals surface area contributed by atoms with E-state index < -0.39 is 0 Å². The number of aryl methyl sites for hydroxylation is 1. The molecule has 1 aromatic heterocycles. The molecule has 0 unspecified atom stereocenters. The quantitative estimate of drug-likeness (QED) is 0.852. The van der Waals surface area contributed by atoms with Gasteiger partial charge in [0, 0.05) is 37.8 Å². The number of benzene rings is 1. The molecule has 0 bridgehead atoms. The van der Waals surface area contributed by atoms with Crippen molar-refractivity contribution in [1.82, 2.24) is 9.97 Å². The molecule has 29 heavy (non-hydrogen) atoms. The summed E-state index contributed by atoms with van der Waals surface area (Å²) in [5, 5.41) is 2.94.